The van der Waals surface area contributed by atoms with Crippen molar-refractivity contribution in [2.75, 3.05) is 19.7 Å². The minimum Gasteiger partial charge on any atom is -0.483 e. The minimum atomic E-state index is -3.62. The molecule has 2 N–H and O–H groups in total. The zero-order chi connectivity index (χ0) is 24.2. The van der Waals surface area contributed by atoms with Gasteiger partial charge in [0, 0.05) is 18.7 Å². The topological polar surface area (TPSA) is 105 Å². The van der Waals surface area contributed by atoms with Gasteiger partial charge in [-0.3, -0.25) is 20.4 Å². The molecule has 0 aliphatic carbocycles. The lowest BCUT2D eigenvalue weighted by atomic mass is 9.94. The number of nitrogens with zero attached hydrogens (tertiary/aromatic N) is 1. The van der Waals surface area contributed by atoms with E-state index in [9.17, 15) is 18.0 Å². The van der Waals surface area contributed by atoms with Gasteiger partial charge in [-0.2, -0.15) is 4.31 Å². The summed E-state index contributed by atoms with van der Waals surface area (Å²) in [6.45, 7) is 8.63. The maximum absolute atomic E-state index is 13.0. The molecule has 2 amide bonds. The number of aryl methyl sites for hydroxylation is 2. The molecule has 2 unspecified atom stereocenters. The van der Waals surface area contributed by atoms with E-state index in [1.807, 2.05) is 45.9 Å². The van der Waals surface area contributed by atoms with E-state index in [0.717, 1.165) is 17.5 Å². The van der Waals surface area contributed by atoms with Gasteiger partial charge in [0.25, 0.3) is 11.8 Å². The minimum absolute atomic E-state index is 0.145. The van der Waals surface area contributed by atoms with Gasteiger partial charge in [-0.25, -0.2) is 8.42 Å². The van der Waals surface area contributed by atoms with Crippen molar-refractivity contribution in [2.24, 2.45) is 11.8 Å². The summed E-state index contributed by atoms with van der Waals surface area (Å²) in [5, 5.41) is 0. The van der Waals surface area contributed by atoms with Gasteiger partial charge in [-0.1, -0.05) is 26.0 Å². The van der Waals surface area contributed by atoms with Crippen molar-refractivity contribution in [1.29, 1.82) is 0 Å². The Bertz CT molecular complexity index is 1110. The van der Waals surface area contributed by atoms with Crippen LogP contribution in [0.2, 0.25) is 0 Å². The summed E-state index contributed by atoms with van der Waals surface area (Å²) in [5.41, 5.74) is 6.76. The lowest BCUT2D eigenvalue weighted by molar-refractivity contribution is -0.123. The second-order valence-corrected chi connectivity index (χ2v) is 10.8. The number of piperidine rings is 1. The molecule has 0 radical (unpaired) electrons. The van der Waals surface area contributed by atoms with Crippen molar-refractivity contribution < 1.29 is 22.7 Å². The Balaban J connectivity index is 1.54. The van der Waals surface area contributed by atoms with Gasteiger partial charge in [0.15, 0.2) is 6.61 Å². The smallest absolute Gasteiger partial charge is 0.276 e. The van der Waals surface area contributed by atoms with Crippen LogP contribution in [0.4, 0.5) is 0 Å². The first-order chi connectivity index (χ1) is 15.6. The first-order valence-corrected chi connectivity index (χ1v) is 12.4. The molecule has 33 heavy (non-hydrogen) atoms. The molecule has 1 fully saturated rings. The summed E-state index contributed by atoms with van der Waals surface area (Å²) < 4.78 is 32.9. The number of hydrazine groups is 1. The Morgan fingerprint density at radius 2 is 1.64 bits per heavy atom. The number of sulfonamides is 1. The molecule has 0 saturated carbocycles. The van der Waals surface area contributed by atoms with Gasteiger partial charge in [-0.15, -0.1) is 0 Å². The third kappa shape index (κ3) is 6.33. The van der Waals surface area contributed by atoms with Gasteiger partial charge in [0.1, 0.15) is 5.75 Å². The normalized spacial score (nSPS) is 19.0. The Morgan fingerprint density at radius 1 is 1.00 bits per heavy atom. The standard InChI is InChI=1S/C24H31N3O5S/c1-16-5-6-19(4)22(12-16)32-15-23(28)25-26-24(29)20-7-9-21(10-8-20)33(30,31)27-13-17(2)11-18(3)14-27/h5-10,12,17-18H,11,13-15H2,1-4H3,(H,25,28)(H,26,29). The lowest BCUT2D eigenvalue weighted by Gasteiger charge is -2.34. The Morgan fingerprint density at radius 3 is 2.27 bits per heavy atom. The van der Waals surface area contributed by atoms with Gasteiger partial charge in [0.05, 0.1) is 4.90 Å². The van der Waals surface area contributed by atoms with Crippen LogP contribution in [-0.4, -0.2) is 44.2 Å². The van der Waals surface area contributed by atoms with Crippen LogP contribution in [0.25, 0.3) is 0 Å². The Kier molecular flexibility index (Phi) is 7.76. The van der Waals surface area contributed by atoms with Crippen molar-refractivity contribution in [2.45, 2.75) is 39.0 Å². The molecular weight excluding hydrogens is 442 g/mol. The van der Waals surface area contributed by atoms with Gasteiger partial charge in [-0.05, 0) is 73.6 Å². The van der Waals surface area contributed by atoms with Crippen LogP contribution in [0.3, 0.4) is 0 Å². The molecule has 0 aromatic heterocycles. The van der Waals surface area contributed by atoms with Crippen LogP contribution in [0, 0.1) is 25.7 Å². The number of carbonyl (C=O) groups excluding carboxylic acids is 2. The maximum atomic E-state index is 13.0. The van der Waals surface area contributed by atoms with Crippen LogP contribution in [-0.2, 0) is 14.8 Å². The lowest BCUT2D eigenvalue weighted by Crippen LogP contribution is -2.44. The molecular formula is C24H31N3O5S. The van der Waals surface area contributed by atoms with Crippen LogP contribution in [0.1, 0.15) is 41.8 Å². The summed E-state index contributed by atoms with van der Waals surface area (Å²) in [6.07, 6.45) is 1.01. The monoisotopic (exact) mass is 473 g/mol. The van der Waals surface area contributed by atoms with E-state index in [2.05, 4.69) is 10.9 Å². The largest absolute Gasteiger partial charge is 0.483 e. The molecule has 1 aliphatic rings. The highest BCUT2D eigenvalue weighted by molar-refractivity contribution is 7.89. The average Bonchev–Trinajstić information content (AvgIpc) is 2.77. The van der Waals surface area contributed by atoms with Crippen molar-refractivity contribution in [3.63, 3.8) is 0 Å². The summed E-state index contributed by atoms with van der Waals surface area (Å²) in [5.74, 6) is 0.133. The van der Waals surface area contributed by atoms with Crippen LogP contribution in [0.5, 0.6) is 5.75 Å². The zero-order valence-corrected chi connectivity index (χ0v) is 20.2. The highest BCUT2D eigenvalue weighted by atomic mass is 32.2. The third-order valence-corrected chi connectivity index (χ3v) is 7.45. The molecule has 1 heterocycles. The Labute approximate surface area is 195 Å². The molecule has 0 spiro atoms. The summed E-state index contributed by atoms with van der Waals surface area (Å²) >= 11 is 0. The first kappa shape index (κ1) is 24.7. The third-order valence-electron chi connectivity index (χ3n) is 5.61. The summed E-state index contributed by atoms with van der Waals surface area (Å²) in [6, 6.07) is 11.4. The van der Waals surface area contributed by atoms with Crippen molar-refractivity contribution in [3.8, 4) is 5.75 Å². The number of hydrogen-bond acceptors (Lipinski definition) is 5. The number of nitrogens with one attached hydrogen (secondary N) is 2. The second-order valence-electron chi connectivity index (χ2n) is 8.85. The van der Waals surface area contributed by atoms with Crippen molar-refractivity contribution in [1.82, 2.24) is 15.2 Å². The van der Waals surface area contributed by atoms with Gasteiger partial charge >= 0.3 is 0 Å². The molecule has 9 heteroatoms. The molecule has 2 aromatic carbocycles. The van der Waals surface area contributed by atoms with E-state index in [1.54, 1.807) is 0 Å². The highest BCUT2D eigenvalue weighted by Gasteiger charge is 2.31. The molecule has 0 bridgehead atoms. The molecule has 3 rings (SSSR count). The number of amides is 2. The number of rotatable bonds is 6. The predicted octanol–water partition coefficient (Wildman–Crippen LogP) is 2.81. The van der Waals surface area contributed by atoms with Gasteiger partial charge < -0.3 is 4.74 Å². The van der Waals surface area contributed by atoms with E-state index in [-0.39, 0.29) is 17.1 Å². The zero-order valence-electron chi connectivity index (χ0n) is 19.4. The predicted molar refractivity (Wildman–Crippen MR) is 125 cm³/mol. The van der Waals surface area contributed by atoms with E-state index >= 15 is 0 Å². The summed E-state index contributed by atoms with van der Waals surface area (Å²) in [7, 11) is -3.62. The fourth-order valence-electron chi connectivity index (χ4n) is 3.97. The van der Waals surface area contributed by atoms with E-state index in [1.165, 1.54) is 28.6 Å². The van der Waals surface area contributed by atoms with Crippen LogP contribution >= 0.6 is 0 Å². The van der Waals surface area contributed by atoms with E-state index in [4.69, 9.17) is 4.74 Å². The molecule has 2 atom stereocenters. The second kappa shape index (κ2) is 10.4. The first-order valence-electron chi connectivity index (χ1n) is 11.0. The number of ether oxygens (including phenoxy) is 1. The van der Waals surface area contributed by atoms with E-state index in [0.29, 0.717) is 30.7 Å². The number of carbonyl (C=O) groups is 2. The quantitative estimate of drug-likeness (QED) is 0.628. The van der Waals surface area contributed by atoms with Gasteiger partial charge in [0.2, 0.25) is 10.0 Å². The molecule has 2 aromatic rings. The summed E-state index contributed by atoms with van der Waals surface area (Å²) in [4.78, 5) is 24.5. The average molecular weight is 474 g/mol. The van der Waals surface area contributed by atoms with Crippen LogP contribution in [0.15, 0.2) is 47.4 Å². The Hall–Kier alpha value is -2.91. The molecule has 1 saturated heterocycles. The SMILES string of the molecule is Cc1ccc(C)c(OCC(=O)NNC(=O)c2ccc(S(=O)(=O)N3CC(C)CC(C)C3)cc2)c1. The molecule has 178 valence electrons. The number of hydrogen-bond donors (Lipinski definition) is 2. The fourth-order valence-corrected chi connectivity index (χ4v) is 5.65. The van der Waals surface area contributed by atoms with E-state index < -0.39 is 21.8 Å². The molecule has 8 nitrogen and oxygen atoms in total. The van der Waals surface area contributed by atoms with Crippen molar-refractivity contribution in [3.05, 3.63) is 59.2 Å². The van der Waals surface area contributed by atoms with Crippen molar-refractivity contribution >= 4 is 21.8 Å². The number of benzene rings is 2. The fraction of sp³-hybridized carbons (Fsp3) is 0.417. The molecule has 1 aliphatic heterocycles. The maximum Gasteiger partial charge on any atom is 0.276 e. The highest BCUT2D eigenvalue weighted by Crippen LogP contribution is 2.26. The van der Waals surface area contributed by atoms with Crippen LogP contribution < -0.4 is 15.6 Å².